The zero-order chi connectivity index (χ0) is 31.1. The van der Waals surface area contributed by atoms with Crippen molar-refractivity contribution in [2.45, 2.75) is 54.0 Å². The SMILES string of the molecule is COCOc1cccc(-c2ccccc2)c1OCCC[Si](O/C(C)=C\C(C)=O)(O/C(C)=C/C(C)=O)O/C(C)=C/C(C)=O. The topological polar surface area (TPSA) is 107 Å². The summed E-state index contributed by atoms with van der Waals surface area (Å²) in [5.74, 6) is 1.27. The second-order valence-electron chi connectivity index (χ2n) is 9.59. The van der Waals surface area contributed by atoms with Crippen molar-refractivity contribution in [3.8, 4) is 22.6 Å². The van der Waals surface area contributed by atoms with Gasteiger partial charge in [-0.2, -0.15) is 0 Å². The van der Waals surface area contributed by atoms with Crippen LogP contribution in [0.5, 0.6) is 11.5 Å². The Hall–Kier alpha value is -4.15. The normalized spacial score (nSPS) is 12.4. The molecule has 0 fully saturated rings. The fourth-order valence-corrected chi connectivity index (χ4v) is 6.76. The summed E-state index contributed by atoms with van der Waals surface area (Å²) in [6.07, 6.45) is 4.38. The number of ketones is 3. The predicted octanol–water partition coefficient (Wildman–Crippen LogP) is 6.57. The maximum atomic E-state index is 11.8. The Morgan fingerprint density at radius 3 is 1.69 bits per heavy atom. The Morgan fingerprint density at radius 2 is 1.21 bits per heavy atom. The van der Waals surface area contributed by atoms with Gasteiger partial charge in [0.25, 0.3) is 0 Å². The minimum atomic E-state index is -3.73. The van der Waals surface area contributed by atoms with E-state index in [2.05, 4.69) is 0 Å². The molecule has 0 unspecified atom stereocenters. The molecule has 2 aromatic carbocycles. The number of hydrogen-bond donors (Lipinski definition) is 0. The lowest BCUT2D eigenvalue weighted by Crippen LogP contribution is -2.45. The minimum Gasteiger partial charge on any atom is -0.489 e. The van der Waals surface area contributed by atoms with Crippen molar-refractivity contribution in [1.29, 1.82) is 0 Å². The van der Waals surface area contributed by atoms with Crippen LogP contribution in [0.4, 0.5) is 0 Å². The van der Waals surface area contributed by atoms with Gasteiger partial charge in [-0.3, -0.25) is 14.4 Å². The third kappa shape index (κ3) is 11.8. The predicted molar refractivity (Wildman–Crippen MR) is 162 cm³/mol. The Kier molecular flexibility index (Phi) is 13.7. The number of carbonyl (C=O) groups is 3. The first-order valence-corrected chi connectivity index (χ1v) is 15.4. The molecule has 2 aromatic rings. The molecule has 0 radical (unpaired) electrons. The highest BCUT2D eigenvalue weighted by atomic mass is 28.4. The van der Waals surface area contributed by atoms with Crippen LogP contribution in [-0.2, 0) is 32.4 Å². The molecule has 0 saturated carbocycles. The second-order valence-corrected chi connectivity index (χ2v) is 12.1. The number of para-hydroxylation sites is 1. The van der Waals surface area contributed by atoms with E-state index >= 15 is 0 Å². The van der Waals surface area contributed by atoms with Crippen molar-refractivity contribution >= 4 is 26.2 Å². The van der Waals surface area contributed by atoms with Gasteiger partial charge in [-0.15, -0.1) is 0 Å². The van der Waals surface area contributed by atoms with Crippen LogP contribution in [0.25, 0.3) is 11.1 Å². The molecule has 0 aliphatic carbocycles. The molecular formula is C32H40O9Si. The van der Waals surface area contributed by atoms with Gasteiger partial charge in [-0.25, -0.2) is 0 Å². The van der Waals surface area contributed by atoms with Crippen molar-refractivity contribution in [3.05, 3.63) is 84.0 Å². The summed E-state index contributed by atoms with van der Waals surface area (Å²) in [5, 5.41) is 0. The molecule has 0 amide bonds. The average molecular weight is 597 g/mol. The van der Waals surface area contributed by atoms with Crippen LogP contribution in [0.3, 0.4) is 0 Å². The van der Waals surface area contributed by atoms with E-state index in [1.165, 1.54) is 39.0 Å². The number of allylic oxidation sites excluding steroid dienone is 6. The van der Waals surface area contributed by atoms with Gasteiger partial charge >= 0.3 is 8.80 Å². The Bertz CT molecular complexity index is 1230. The summed E-state index contributed by atoms with van der Waals surface area (Å²) in [7, 11) is -2.19. The Balaban J connectivity index is 2.42. The third-order valence-electron chi connectivity index (χ3n) is 5.44. The molecule has 9 nitrogen and oxygen atoms in total. The van der Waals surface area contributed by atoms with Crippen LogP contribution in [-0.4, -0.2) is 46.7 Å². The number of methoxy groups -OCH3 is 1. The zero-order valence-electron chi connectivity index (χ0n) is 25.4. The van der Waals surface area contributed by atoms with Crippen LogP contribution in [0, 0.1) is 0 Å². The lowest BCUT2D eigenvalue weighted by molar-refractivity contribution is -0.113. The number of benzene rings is 2. The van der Waals surface area contributed by atoms with E-state index in [-0.39, 0.29) is 54.1 Å². The average Bonchev–Trinajstić information content (AvgIpc) is 2.89. The molecule has 0 aromatic heterocycles. The lowest BCUT2D eigenvalue weighted by atomic mass is 10.0. The van der Waals surface area contributed by atoms with Gasteiger partial charge in [-0.05, 0) is 59.6 Å². The molecule has 0 N–H and O–H groups in total. The number of ether oxygens (including phenoxy) is 3. The molecule has 0 bridgehead atoms. The molecule has 10 heteroatoms. The molecule has 0 heterocycles. The fourth-order valence-electron chi connectivity index (χ4n) is 4.11. The fraction of sp³-hybridized carbons (Fsp3) is 0.344. The monoisotopic (exact) mass is 596 g/mol. The molecule has 42 heavy (non-hydrogen) atoms. The number of rotatable bonds is 18. The quantitative estimate of drug-likeness (QED) is 0.0621. The van der Waals surface area contributed by atoms with Crippen molar-refractivity contribution < 1.29 is 41.9 Å². The minimum absolute atomic E-state index is 0.0471. The molecule has 0 spiro atoms. The second kappa shape index (κ2) is 17.0. The highest BCUT2D eigenvalue weighted by Gasteiger charge is 2.49. The van der Waals surface area contributed by atoms with Gasteiger partial charge in [-0.1, -0.05) is 42.5 Å². The lowest BCUT2D eigenvalue weighted by Gasteiger charge is -2.31. The summed E-state index contributed by atoms with van der Waals surface area (Å²) in [6, 6.07) is 15.6. The standard InChI is InChI=1S/C32H40O9Si/c1-23(33)19-26(4)39-42(40-27(5)20-24(2)34,41-28(6)21-25(3)35)18-12-17-37-32-30(29-13-9-8-10-14-29)15-11-16-31(32)38-22-36-7/h8-11,13-16,19-21H,12,17-18,22H2,1-7H3/b26-19-,27-20+,28-21+. The molecule has 2 rings (SSSR count). The van der Waals surface area contributed by atoms with Crippen LogP contribution >= 0.6 is 0 Å². The number of hydrogen-bond acceptors (Lipinski definition) is 9. The number of carbonyl (C=O) groups excluding carboxylic acids is 3. The molecule has 0 aliphatic rings. The van der Waals surface area contributed by atoms with Gasteiger partial charge in [0.2, 0.25) is 0 Å². The smallest absolute Gasteiger partial charge is 0.489 e. The first-order chi connectivity index (χ1) is 19.9. The van der Waals surface area contributed by atoms with E-state index in [0.717, 1.165) is 11.1 Å². The highest BCUT2D eigenvalue weighted by molar-refractivity contribution is 6.61. The molecule has 0 aliphatic heterocycles. The first kappa shape index (κ1) is 34.1. The van der Waals surface area contributed by atoms with Crippen molar-refractivity contribution in [1.82, 2.24) is 0 Å². The van der Waals surface area contributed by atoms with Crippen LogP contribution < -0.4 is 9.47 Å². The van der Waals surface area contributed by atoms with Gasteiger partial charge < -0.3 is 27.5 Å². The van der Waals surface area contributed by atoms with E-state index in [9.17, 15) is 14.4 Å². The summed E-state index contributed by atoms with van der Waals surface area (Å²) in [5.41, 5.74) is 1.80. The van der Waals surface area contributed by atoms with E-state index < -0.39 is 8.80 Å². The zero-order valence-corrected chi connectivity index (χ0v) is 26.4. The van der Waals surface area contributed by atoms with E-state index in [1.807, 2.05) is 42.5 Å². The van der Waals surface area contributed by atoms with Crippen molar-refractivity contribution in [3.63, 3.8) is 0 Å². The van der Waals surface area contributed by atoms with E-state index in [0.29, 0.717) is 17.9 Å². The molecular weight excluding hydrogens is 556 g/mol. The molecule has 0 saturated heterocycles. The highest BCUT2D eigenvalue weighted by Crippen LogP contribution is 2.38. The van der Waals surface area contributed by atoms with Crippen LogP contribution in [0.15, 0.2) is 84.0 Å². The summed E-state index contributed by atoms with van der Waals surface area (Å²) in [4.78, 5) is 35.3. The molecule has 0 atom stereocenters. The van der Waals surface area contributed by atoms with E-state index in [1.54, 1.807) is 33.9 Å². The van der Waals surface area contributed by atoms with Crippen LogP contribution in [0.2, 0.25) is 6.04 Å². The Labute approximate surface area is 249 Å². The first-order valence-electron chi connectivity index (χ1n) is 13.5. The third-order valence-corrected chi connectivity index (χ3v) is 8.30. The Morgan fingerprint density at radius 1 is 0.690 bits per heavy atom. The van der Waals surface area contributed by atoms with Gasteiger partial charge in [0, 0.05) is 30.9 Å². The summed E-state index contributed by atoms with van der Waals surface area (Å²) < 4.78 is 35.8. The maximum Gasteiger partial charge on any atom is 0.698 e. The van der Waals surface area contributed by atoms with Crippen LogP contribution in [0.1, 0.15) is 48.0 Å². The van der Waals surface area contributed by atoms with Crippen molar-refractivity contribution in [2.75, 3.05) is 20.5 Å². The van der Waals surface area contributed by atoms with E-state index in [4.69, 9.17) is 27.5 Å². The summed E-state index contributed by atoms with van der Waals surface area (Å²) >= 11 is 0. The van der Waals surface area contributed by atoms with Gasteiger partial charge in [0.15, 0.2) is 35.6 Å². The summed E-state index contributed by atoms with van der Waals surface area (Å²) in [6.45, 7) is 9.34. The maximum absolute atomic E-state index is 11.8. The van der Waals surface area contributed by atoms with Gasteiger partial charge in [0.1, 0.15) is 0 Å². The van der Waals surface area contributed by atoms with Gasteiger partial charge in [0.05, 0.1) is 29.9 Å². The largest absolute Gasteiger partial charge is 0.698 e. The van der Waals surface area contributed by atoms with Crippen molar-refractivity contribution in [2.24, 2.45) is 0 Å². The molecule has 226 valence electrons.